The van der Waals surface area contributed by atoms with E-state index in [1.165, 1.54) is 6.42 Å². The summed E-state index contributed by atoms with van der Waals surface area (Å²) in [6, 6.07) is 13.6. The molecule has 27 heavy (non-hydrogen) atoms. The summed E-state index contributed by atoms with van der Waals surface area (Å²) in [5.41, 5.74) is 1.69. The maximum absolute atomic E-state index is 13.0. The average Bonchev–Trinajstić information content (AvgIpc) is 2.73. The molecule has 0 aliphatic carbocycles. The van der Waals surface area contributed by atoms with Gasteiger partial charge in [0.05, 0.1) is 5.52 Å². The van der Waals surface area contributed by atoms with E-state index in [-0.39, 0.29) is 11.5 Å². The summed E-state index contributed by atoms with van der Waals surface area (Å²) in [6.07, 6.45) is 5.36. The molecule has 0 atom stereocenters. The predicted molar refractivity (Wildman–Crippen MR) is 110 cm³/mol. The van der Waals surface area contributed by atoms with Crippen LogP contribution in [0.25, 0.3) is 21.7 Å². The zero-order valence-electron chi connectivity index (χ0n) is 15.9. The van der Waals surface area contributed by atoms with Crippen LogP contribution >= 0.6 is 0 Å². The van der Waals surface area contributed by atoms with Gasteiger partial charge in [0, 0.05) is 36.0 Å². The average molecular weight is 362 g/mol. The first-order valence-electron chi connectivity index (χ1n) is 10.1. The minimum absolute atomic E-state index is 0.0571. The van der Waals surface area contributed by atoms with Crippen molar-refractivity contribution in [1.82, 2.24) is 9.47 Å². The van der Waals surface area contributed by atoms with Crippen molar-refractivity contribution < 1.29 is 4.79 Å². The first-order chi connectivity index (χ1) is 13.2. The molecule has 1 saturated heterocycles. The maximum Gasteiger partial charge on any atom is 0.258 e. The smallest absolute Gasteiger partial charge is 0.258 e. The third kappa shape index (κ3) is 3.25. The minimum atomic E-state index is 0.0571. The van der Waals surface area contributed by atoms with Crippen LogP contribution in [0.15, 0.2) is 47.3 Å². The number of rotatable bonds is 4. The first-order valence-corrected chi connectivity index (χ1v) is 10.1. The Balaban J connectivity index is 1.89. The summed E-state index contributed by atoms with van der Waals surface area (Å²) in [4.78, 5) is 27.9. The van der Waals surface area contributed by atoms with Crippen molar-refractivity contribution in [3.8, 4) is 0 Å². The van der Waals surface area contributed by atoms with Gasteiger partial charge in [0.1, 0.15) is 0 Å². The molecule has 3 aromatic rings. The molecule has 4 rings (SSSR count). The Morgan fingerprint density at radius 1 is 0.963 bits per heavy atom. The van der Waals surface area contributed by atoms with Crippen LogP contribution in [0.3, 0.4) is 0 Å². The van der Waals surface area contributed by atoms with Crippen LogP contribution in [0.2, 0.25) is 0 Å². The zero-order chi connectivity index (χ0) is 18.8. The number of carbonyl (C=O) groups is 1. The van der Waals surface area contributed by atoms with Crippen LogP contribution in [-0.2, 0) is 6.54 Å². The quantitative estimate of drug-likeness (QED) is 0.638. The number of hydrogen-bond acceptors (Lipinski definition) is 2. The number of fused-ring (bicyclic) bond motifs is 3. The van der Waals surface area contributed by atoms with E-state index in [2.05, 4.69) is 6.92 Å². The second kappa shape index (κ2) is 7.55. The molecule has 0 N–H and O–H groups in total. The molecule has 2 heterocycles. The van der Waals surface area contributed by atoms with Crippen LogP contribution in [0.1, 0.15) is 49.4 Å². The molecular weight excluding hydrogens is 336 g/mol. The number of unbranched alkanes of at least 4 members (excludes halogenated alkanes) is 1. The van der Waals surface area contributed by atoms with Crippen LogP contribution in [0.4, 0.5) is 0 Å². The Labute approximate surface area is 159 Å². The van der Waals surface area contributed by atoms with Crippen LogP contribution in [-0.4, -0.2) is 28.5 Å². The fraction of sp³-hybridized carbons (Fsp3) is 0.391. The topological polar surface area (TPSA) is 42.3 Å². The van der Waals surface area contributed by atoms with E-state index in [4.69, 9.17) is 0 Å². The maximum atomic E-state index is 13.0. The van der Waals surface area contributed by atoms with E-state index in [1.54, 1.807) is 0 Å². The van der Waals surface area contributed by atoms with Gasteiger partial charge < -0.3 is 9.47 Å². The summed E-state index contributed by atoms with van der Waals surface area (Å²) in [6.45, 7) is 4.51. The molecule has 4 nitrogen and oxygen atoms in total. The van der Waals surface area contributed by atoms with Gasteiger partial charge in [0.15, 0.2) is 0 Å². The molecule has 140 valence electrons. The number of hydrogen-bond donors (Lipinski definition) is 0. The number of aryl methyl sites for hydroxylation is 1. The van der Waals surface area contributed by atoms with E-state index in [0.717, 1.165) is 66.0 Å². The van der Waals surface area contributed by atoms with Gasteiger partial charge in [-0.2, -0.15) is 0 Å². The molecule has 0 radical (unpaired) electrons. The Bertz CT molecular complexity index is 1050. The molecule has 1 aliphatic rings. The molecule has 1 fully saturated rings. The van der Waals surface area contributed by atoms with Gasteiger partial charge in [-0.05, 0) is 55.3 Å². The highest BCUT2D eigenvalue weighted by atomic mass is 16.2. The van der Waals surface area contributed by atoms with Crippen molar-refractivity contribution in [1.29, 1.82) is 0 Å². The molecule has 4 heteroatoms. The van der Waals surface area contributed by atoms with Crippen LogP contribution < -0.4 is 5.56 Å². The highest BCUT2D eigenvalue weighted by Gasteiger charge is 2.19. The van der Waals surface area contributed by atoms with Crippen LogP contribution in [0.5, 0.6) is 0 Å². The Morgan fingerprint density at radius 2 is 1.70 bits per heavy atom. The van der Waals surface area contributed by atoms with Gasteiger partial charge in [-0.1, -0.05) is 31.5 Å². The lowest BCUT2D eigenvalue weighted by Gasteiger charge is -2.27. The second-order valence-electron chi connectivity index (χ2n) is 7.44. The van der Waals surface area contributed by atoms with Gasteiger partial charge in [-0.15, -0.1) is 0 Å². The number of pyridine rings is 1. The molecule has 0 saturated carbocycles. The fourth-order valence-electron chi connectivity index (χ4n) is 4.10. The van der Waals surface area contributed by atoms with Crippen molar-refractivity contribution in [3.05, 3.63) is 58.4 Å². The molecule has 1 aliphatic heterocycles. The third-order valence-corrected chi connectivity index (χ3v) is 5.61. The number of aromatic nitrogens is 1. The molecule has 1 amide bonds. The molecule has 0 unspecified atom stereocenters. The largest absolute Gasteiger partial charge is 0.339 e. The SMILES string of the molecule is CCCCn1c(=O)c2ccccc2c2cc(C(=O)N3CCCCC3)ccc21. The summed E-state index contributed by atoms with van der Waals surface area (Å²) >= 11 is 0. The summed E-state index contributed by atoms with van der Waals surface area (Å²) in [7, 11) is 0. The Hall–Kier alpha value is -2.62. The van der Waals surface area contributed by atoms with E-state index in [1.807, 2.05) is 51.9 Å². The lowest BCUT2D eigenvalue weighted by atomic mass is 10.0. The van der Waals surface area contributed by atoms with E-state index in [0.29, 0.717) is 6.54 Å². The molecule has 1 aromatic heterocycles. The van der Waals surface area contributed by atoms with Gasteiger partial charge >= 0.3 is 0 Å². The first kappa shape index (κ1) is 17.8. The highest BCUT2D eigenvalue weighted by molar-refractivity contribution is 6.08. The molecular formula is C23H26N2O2. The lowest BCUT2D eigenvalue weighted by molar-refractivity contribution is 0.0724. The second-order valence-corrected chi connectivity index (χ2v) is 7.44. The van der Waals surface area contributed by atoms with Gasteiger partial charge in [0.25, 0.3) is 11.5 Å². The molecule has 0 spiro atoms. The monoisotopic (exact) mass is 362 g/mol. The number of piperidine rings is 1. The van der Waals surface area contributed by atoms with E-state index >= 15 is 0 Å². The van der Waals surface area contributed by atoms with Gasteiger partial charge in [-0.3, -0.25) is 9.59 Å². The summed E-state index contributed by atoms with van der Waals surface area (Å²) < 4.78 is 1.87. The highest BCUT2D eigenvalue weighted by Crippen LogP contribution is 2.25. The standard InChI is InChI=1S/C23H26N2O2/c1-2-3-15-25-21-12-11-17(22(26)24-13-7-4-8-14-24)16-20(21)18-9-5-6-10-19(18)23(25)27/h5-6,9-12,16H,2-4,7-8,13-15H2,1H3. The normalized spacial score (nSPS) is 14.8. The third-order valence-electron chi connectivity index (χ3n) is 5.61. The number of nitrogens with zero attached hydrogens (tertiary/aromatic N) is 2. The van der Waals surface area contributed by atoms with Crippen molar-refractivity contribution in [2.45, 2.75) is 45.6 Å². The Kier molecular flexibility index (Phi) is 4.97. The Morgan fingerprint density at radius 3 is 2.44 bits per heavy atom. The van der Waals surface area contributed by atoms with Crippen molar-refractivity contribution in [2.24, 2.45) is 0 Å². The van der Waals surface area contributed by atoms with Crippen molar-refractivity contribution in [2.75, 3.05) is 13.1 Å². The fourth-order valence-corrected chi connectivity index (χ4v) is 4.10. The predicted octanol–water partition coefficient (Wildman–Crippen LogP) is 4.58. The number of likely N-dealkylation sites (tertiary alicyclic amines) is 1. The molecule has 0 bridgehead atoms. The van der Waals surface area contributed by atoms with Gasteiger partial charge in [-0.25, -0.2) is 0 Å². The lowest BCUT2D eigenvalue weighted by Crippen LogP contribution is -2.35. The molecule has 2 aromatic carbocycles. The van der Waals surface area contributed by atoms with Crippen molar-refractivity contribution >= 4 is 27.6 Å². The number of carbonyl (C=O) groups excluding carboxylic acids is 1. The number of amides is 1. The van der Waals surface area contributed by atoms with Crippen molar-refractivity contribution in [3.63, 3.8) is 0 Å². The van der Waals surface area contributed by atoms with E-state index < -0.39 is 0 Å². The zero-order valence-corrected chi connectivity index (χ0v) is 15.9. The minimum Gasteiger partial charge on any atom is -0.339 e. The van der Waals surface area contributed by atoms with Gasteiger partial charge in [0.2, 0.25) is 0 Å². The summed E-state index contributed by atoms with van der Waals surface area (Å²) in [5, 5.41) is 2.64. The van der Waals surface area contributed by atoms with Crippen LogP contribution in [0, 0.1) is 0 Å². The number of benzene rings is 2. The summed E-state index contributed by atoms with van der Waals surface area (Å²) in [5.74, 6) is 0.104. The van der Waals surface area contributed by atoms with E-state index in [9.17, 15) is 9.59 Å².